The minimum Gasteiger partial charge on any atom is -0.479 e. The van der Waals surface area contributed by atoms with Crippen LogP contribution in [0.3, 0.4) is 0 Å². The lowest BCUT2D eigenvalue weighted by Gasteiger charge is -2.46. The van der Waals surface area contributed by atoms with Crippen molar-refractivity contribution in [2.24, 2.45) is 0 Å². The Morgan fingerprint density at radius 1 is 0.981 bits per heavy atom. The highest BCUT2D eigenvalue weighted by Gasteiger charge is 2.38. The molecule has 4 heterocycles. The Hall–Kier alpha value is -4.03. The summed E-state index contributed by atoms with van der Waals surface area (Å²) in [6.07, 6.45) is 2.92. The number of carboxylic acids is 1. The molecule has 1 amide bonds. The molecule has 3 fully saturated rings. The van der Waals surface area contributed by atoms with Crippen LogP contribution in [0.15, 0.2) is 48.5 Å². The number of methoxy groups -OCH3 is 1. The van der Waals surface area contributed by atoms with Crippen LogP contribution in [-0.2, 0) is 14.3 Å². The third-order valence-electron chi connectivity index (χ3n) is 10.6. The summed E-state index contributed by atoms with van der Waals surface area (Å²) in [5.74, 6) is -0.691. The Balaban J connectivity index is 1.17. The average Bonchev–Trinajstić information content (AvgIpc) is 3.74. The second kappa shape index (κ2) is 13.4. The van der Waals surface area contributed by atoms with Crippen LogP contribution < -0.4 is 0 Å². The molecule has 2 aliphatic heterocycles. The Kier molecular flexibility index (Phi) is 9.05. The number of aliphatic carboxylic acids is 1. The van der Waals surface area contributed by atoms with Gasteiger partial charge in [0.1, 0.15) is 5.01 Å². The first-order chi connectivity index (χ1) is 24.9. The molecule has 3 aliphatic rings. The molecule has 1 aliphatic carbocycles. The second-order valence-corrected chi connectivity index (χ2v) is 16.9. The minimum absolute atomic E-state index is 0.247. The largest absolute Gasteiger partial charge is 0.479 e. The van der Waals surface area contributed by atoms with E-state index in [1.54, 1.807) is 16.2 Å². The fourth-order valence-electron chi connectivity index (χ4n) is 7.86. The van der Waals surface area contributed by atoms with Gasteiger partial charge in [-0.05, 0) is 114 Å². The van der Waals surface area contributed by atoms with Crippen LogP contribution in [0.2, 0.25) is 5.02 Å². The smallest absolute Gasteiger partial charge is 0.409 e. The molecule has 0 spiro atoms. The van der Waals surface area contributed by atoms with Gasteiger partial charge in [-0.2, -0.15) is 5.10 Å². The van der Waals surface area contributed by atoms with Crippen molar-refractivity contribution in [3.8, 4) is 21.7 Å². The number of nitrogens with zero attached hydrogens (tertiary/aromatic N) is 5. The quantitative estimate of drug-likeness (QED) is 0.168. The highest BCUT2D eigenvalue weighted by Crippen LogP contribution is 2.46. The average molecular weight is 742 g/mol. The number of piperidine rings is 1. The van der Waals surface area contributed by atoms with Gasteiger partial charge in [-0.15, -0.1) is 11.3 Å². The van der Waals surface area contributed by atoms with E-state index in [0.29, 0.717) is 28.6 Å². The molecule has 1 unspecified atom stereocenters. The molecule has 1 N–H and O–H groups in total. The number of fused-ring (bicyclic) bond motifs is 2. The number of carbonyl (C=O) groups excluding carboxylic acids is 1. The number of likely N-dealkylation sites (tertiary alicyclic amines) is 2. The number of amides is 1. The zero-order valence-corrected chi connectivity index (χ0v) is 31.8. The summed E-state index contributed by atoms with van der Waals surface area (Å²) >= 11 is 7.88. The molecule has 10 nitrogen and oxygen atoms in total. The monoisotopic (exact) mass is 741 g/mol. The van der Waals surface area contributed by atoms with Crippen LogP contribution in [0.25, 0.3) is 42.8 Å². The molecule has 12 heteroatoms. The van der Waals surface area contributed by atoms with E-state index in [-0.39, 0.29) is 6.09 Å². The first-order valence-corrected chi connectivity index (χ1v) is 19.3. The van der Waals surface area contributed by atoms with Crippen LogP contribution in [0.5, 0.6) is 0 Å². The SMILES string of the molecule is COC(=O)N1CC(N2CCC(c3nn(C4CC4)c4ccc(-c5nc6cc(C)c(C(OC(C)(C)C)C(=O)O)c(-c7ccc(Cl)cc7)c6s5)cc34)CC2)C1. The van der Waals surface area contributed by atoms with E-state index in [9.17, 15) is 14.7 Å². The molecule has 272 valence electrons. The highest BCUT2D eigenvalue weighted by molar-refractivity contribution is 7.22. The number of ether oxygens (including phenoxy) is 2. The van der Waals surface area contributed by atoms with Gasteiger partial charge in [0, 0.05) is 52.1 Å². The van der Waals surface area contributed by atoms with Crippen molar-refractivity contribution < 1.29 is 24.2 Å². The Labute approximate surface area is 312 Å². The number of aromatic nitrogens is 3. The number of hydrogen-bond donors (Lipinski definition) is 1. The summed E-state index contributed by atoms with van der Waals surface area (Å²) in [4.78, 5) is 34.1. The number of carboxylic acid groups (broad SMARTS) is 1. The molecule has 5 aromatic rings. The lowest BCUT2D eigenvalue weighted by Crippen LogP contribution is -2.62. The molecule has 0 radical (unpaired) electrons. The zero-order valence-electron chi connectivity index (χ0n) is 30.2. The number of carbonyl (C=O) groups is 2. The first-order valence-electron chi connectivity index (χ1n) is 18.1. The summed E-state index contributed by atoms with van der Waals surface area (Å²) in [6.45, 7) is 11.0. The predicted molar refractivity (Wildman–Crippen MR) is 204 cm³/mol. The van der Waals surface area contributed by atoms with E-state index in [1.165, 1.54) is 18.0 Å². The molecular weight excluding hydrogens is 698 g/mol. The lowest BCUT2D eigenvalue weighted by atomic mass is 9.90. The van der Waals surface area contributed by atoms with Gasteiger partial charge in [0.05, 0.1) is 40.2 Å². The van der Waals surface area contributed by atoms with Crippen LogP contribution in [0, 0.1) is 6.92 Å². The third-order valence-corrected chi connectivity index (χ3v) is 12.0. The van der Waals surface area contributed by atoms with E-state index in [1.807, 2.05) is 58.0 Å². The standard InChI is InChI=1S/C40H44ClN5O5S/c1-22-18-30-36(33(23-6-9-26(41)10-7-23)32(22)35(38(47)48)51-40(2,3)4)52-37(42-30)25-8-13-31-29(19-25)34(43-46(31)27-11-12-27)24-14-16-44(17-15-24)28-20-45(21-28)39(49)50-5/h6-10,13,18-19,24,27-28,35H,11-12,14-17,20-21H2,1-5H3,(H,47,48). The van der Waals surface area contributed by atoms with Gasteiger partial charge in [-0.3, -0.25) is 9.58 Å². The fourth-order valence-corrected chi connectivity index (χ4v) is 9.11. The number of hydrogen-bond acceptors (Lipinski definition) is 8. The molecule has 1 atom stereocenters. The summed E-state index contributed by atoms with van der Waals surface area (Å²) in [5, 5.41) is 18.4. The maximum atomic E-state index is 12.8. The Morgan fingerprint density at radius 2 is 1.67 bits per heavy atom. The van der Waals surface area contributed by atoms with E-state index < -0.39 is 17.7 Å². The van der Waals surface area contributed by atoms with Gasteiger partial charge >= 0.3 is 12.1 Å². The second-order valence-electron chi connectivity index (χ2n) is 15.4. The van der Waals surface area contributed by atoms with Gasteiger partial charge < -0.3 is 19.5 Å². The van der Waals surface area contributed by atoms with Gasteiger partial charge in [0.25, 0.3) is 0 Å². The van der Waals surface area contributed by atoms with Crippen molar-refractivity contribution in [1.82, 2.24) is 24.6 Å². The Morgan fingerprint density at radius 3 is 2.31 bits per heavy atom. The summed E-state index contributed by atoms with van der Waals surface area (Å²) in [6, 6.07) is 17.0. The van der Waals surface area contributed by atoms with E-state index in [0.717, 1.165) is 95.0 Å². The number of aryl methyl sites for hydroxylation is 1. The normalized spacial score (nSPS) is 18.2. The minimum atomic E-state index is -1.17. The van der Waals surface area contributed by atoms with Crippen molar-refractivity contribution in [2.75, 3.05) is 33.3 Å². The molecule has 2 aromatic heterocycles. The Bertz CT molecular complexity index is 2170. The lowest BCUT2D eigenvalue weighted by molar-refractivity contribution is -0.160. The maximum Gasteiger partial charge on any atom is 0.409 e. The molecule has 52 heavy (non-hydrogen) atoms. The maximum absolute atomic E-state index is 12.8. The molecule has 1 saturated carbocycles. The number of halogens is 1. The van der Waals surface area contributed by atoms with Crippen molar-refractivity contribution in [1.29, 1.82) is 0 Å². The molecule has 0 bridgehead atoms. The summed E-state index contributed by atoms with van der Waals surface area (Å²) < 4.78 is 14.3. The van der Waals surface area contributed by atoms with Crippen LogP contribution >= 0.6 is 22.9 Å². The predicted octanol–water partition coefficient (Wildman–Crippen LogP) is 8.85. The fraction of sp³-hybridized carbons (Fsp3) is 0.450. The first kappa shape index (κ1) is 35.0. The highest BCUT2D eigenvalue weighted by atomic mass is 35.5. The van der Waals surface area contributed by atoms with Crippen molar-refractivity contribution in [2.45, 2.75) is 83.1 Å². The zero-order chi connectivity index (χ0) is 36.5. The van der Waals surface area contributed by atoms with Crippen molar-refractivity contribution in [3.63, 3.8) is 0 Å². The number of rotatable bonds is 8. The van der Waals surface area contributed by atoms with Crippen molar-refractivity contribution in [3.05, 3.63) is 70.4 Å². The van der Waals surface area contributed by atoms with E-state index in [2.05, 4.69) is 27.8 Å². The third kappa shape index (κ3) is 6.57. The molecule has 3 aromatic carbocycles. The number of thiazole rings is 1. The van der Waals surface area contributed by atoms with Gasteiger partial charge in [0.2, 0.25) is 0 Å². The van der Waals surface area contributed by atoms with Crippen LogP contribution in [0.1, 0.15) is 81.3 Å². The summed E-state index contributed by atoms with van der Waals surface area (Å²) in [7, 11) is 1.44. The van der Waals surface area contributed by atoms with Crippen LogP contribution in [-0.4, -0.2) is 86.7 Å². The van der Waals surface area contributed by atoms with Crippen molar-refractivity contribution >= 4 is 56.1 Å². The molecular formula is C40H44ClN5O5S. The molecule has 8 rings (SSSR count). The van der Waals surface area contributed by atoms with E-state index >= 15 is 0 Å². The van der Waals surface area contributed by atoms with Gasteiger partial charge in [0.15, 0.2) is 6.10 Å². The van der Waals surface area contributed by atoms with E-state index in [4.69, 9.17) is 31.2 Å². The van der Waals surface area contributed by atoms with Crippen LogP contribution in [0.4, 0.5) is 4.79 Å². The summed E-state index contributed by atoms with van der Waals surface area (Å²) in [5.41, 5.74) is 6.58. The van der Waals surface area contributed by atoms with Gasteiger partial charge in [-0.1, -0.05) is 23.7 Å². The molecule has 2 saturated heterocycles. The number of benzene rings is 3. The topological polar surface area (TPSA) is 110 Å². The van der Waals surface area contributed by atoms with Gasteiger partial charge in [-0.25, -0.2) is 14.6 Å².